The Balaban J connectivity index is 1.82. The highest BCUT2D eigenvalue weighted by atomic mass is 16.1. The number of carbonyl (C=O) groups is 1. The Hall–Kier alpha value is -2.10. The van der Waals surface area contributed by atoms with Crippen molar-refractivity contribution in [2.24, 2.45) is 0 Å². The molecular formula is C24H37N3O. The average Bonchev–Trinajstić information content (AvgIpc) is 3.04. The lowest BCUT2D eigenvalue weighted by atomic mass is 10.1. The van der Waals surface area contributed by atoms with Crippen molar-refractivity contribution in [1.29, 1.82) is 0 Å². The van der Waals surface area contributed by atoms with Crippen LogP contribution in [-0.2, 0) is 17.8 Å². The van der Waals surface area contributed by atoms with Crippen molar-refractivity contribution in [3.05, 3.63) is 42.2 Å². The van der Waals surface area contributed by atoms with Gasteiger partial charge in [0, 0.05) is 25.1 Å². The zero-order chi connectivity index (χ0) is 20.2. The van der Waals surface area contributed by atoms with Gasteiger partial charge in [-0.05, 0) is 38.3 Å². The number of hydrogen-bond donors (Lipinski definition) is 1. The molecule has 1 aromatic heterocycles. The Kier molecular flexibility index (Phi) is 9.81. The number of unbranched alkanes of at least 4 members (excludes halogenated alkanes) is 7. The van der Waals surface area contributed by atoms with E-state index in [-0.39, 0.29) is 5.91 Å². The summed E-state index contributed by atoms with van der Waals surface area (Å²) < 4.78 is 2.43. The minimum absolute atomic E-state index is 0.0410. The number of aromatic nitrogens is 2. The lowest BCUT2D eigenvalue weighted by Gasteiger charge is -2.10. The van der Waals surface area contributed by atoms with Gasteiger partial charge in [0.15, 0.2) is 0 Å². The van der Waals surface area contributed by atoms with Crippen LogP contribution in [0.5, 0.6) is 0 Å². The molecule has 0 aliphatic carbocycles. The van der Waals surface area contributed by atoms with Crippen LogP contribution < -0.4 is 5.32 Å². The van der Waals surface area contributed by atoms with E-state index in [4.69, 9.17) is 4.98 Å². The molecule has 1 heterocycles. The van der Waals surface area contributed by atoms with E-state index in [0.29, 0.717) is 5.57 Å². The molecule has 2 rings (SSSR count). The van der Waals surface area contributed by atoms with Crippen molar-refractivity contribution in [3.8, 4) is 0 Å². The van der Waals surface area contributed by atoms with E-state index in [1.807, 2.05) is 0 Å². The van der Waals surface area contributed by atoms with Crippen LogP contribution in [-0.4, -0.2) is 22.0 Å². The summed E-state index contributed by atoms with van der Waals surface area (Å²) >= 11 is 0. The summed E-state index contributed by atoms with van der Waals surface area (Å²) in [5.74, 6) is 1.17. The minimum Gasteiger partial charge on any atom is -0.352 e. The molecule has 0 atom stereocenters. The first-order chi connectivity index (χ1) is 13.6. The molecule has 1 N–H and O–H groups in total. The normalized spacial score (nSPS) is 11.1. The second kappa shape index (κ2) is 12.4. The van der Waals surface area contributed by atoms with Crippen molar-refractivity contribution >= 4 is 16.9 Å². The van der Waals surface area contributed by atoms with Gasteiger partial charge < -0.3 is 9.88 Å². The van der Waals surface area contributed by atoms with E-state index in [2.05, 4.69) is 47.7 Å². The van der Waals surface area contributed by atoms with Gasteiger partial charge >= 0.3 is 0 Å². The van der Waals surface area contributed by atoms with Crippen LogP contribution in [0.25, 0.3) is 11.0 Å². The average molecular weight is 384 g/mol. The Morgan fingerprint density at radius 1 is 1.04 bits per heavy atom. The van der Waals surface area contributed by atoms with Crippen LogP contribution in [0.2, 0.25) is 0 Å². The van der Waals surface area contributed by atoms with Crippen molar-refractivity contribution in [2.75, 3.05) is 6.54 Å². The number of para-hydroxylation sites is 2. The van der Waals surface area contributed by atoms with Crippen molar-refractivity contribution < 1.29 is 4.79 Å². The number of amides is 1. The molecule has 0 saturated heterocycles. The summed E-state index contributed by atoms with van der Waals surface area (Å²) in [6, 6.07) is 8.48. The Morgan fingerprint density at radius 3 is 2.54 bits per heavy atom. The summed E-state index contributed by atoms with van der Waals surface area (Å²) in [4.78, 5) is 16.4. The molecule has 0 unspecified atom stereocenters. The molecule has 4 heteroatoms. The largest absolute Gasteiger partial charge is 0.352 e. The molecule has 154 valence electrons. The molecule has 0 aliphatic heterocycles. The first-order valence-electron chi connectivity index (χ1n) is 11.0. The van der Waals surface area contributed by atoms with Gasteiger partial charge in [0.05, 0.1) is 11.0 Å². The second-order valence-electron chi connectivity index (χ2n) is 7.78. The quantitative estimate of drug-likeness (QED) is 0.331. The van der Waals surface area contributed by atoms with Crippen LogP contribution in [0.15, 0.2) is 36.4 Å². The maximum absolute atomic E-state index is 11.5. The van der Waals surface area contributed by atoms with Crippen molar-refractivity contribution in [2.45, 2.75) is 84.6 Å². The molecule has 1 amide bonds. The third kappa shape index (κ3) is 7.14. The number of aryl methyl sites for hydroxylation is 2. The Labute approximate surface area is 170 Å². The fourth-order valence-corrected chi connectivity index (χ4v) is 3.55. The van der Waals surface area contributed by atoms with Crippen LogP contribution in [0.1, 0.15) is 77.5 Å². The van der Waals surface area contributed by atoms with Crippen LogP contribution >= 0.6 is 0 Å². The summed E-state index contributed by atoms with van der Waals surface area (Å²) in [6.07, 6.45) is 12.1. The molecule has 0 fully saturated rings. The number of imidazole rings is 1. The molecule has 0 aliphatic rings. The van der Waals surface area contributed by atoms with Gasteiger partial charge in [-0.25, -0.2) is 4.98 Å². The standard InChI is InChI=1S/C24H37N3O/c1-4-5-6-7-8-14-19-27-22-16-12-11-15-21(22)26-23(27)17-10-9-13-18-25-24(28)20(2)3/h11-12,15-16H,2,4-10,13-14,17-19H2,1,3H3,(H,25,28). The topological polar surface area (TPSA) is 46.9 Å². The van der Waals surface area contributed by atoms with Gasteiger partial charge in [-0.15, -0.1) is 0 Å². The first-order valence-corrected chi connectivity index (χ1v) is 11.0. The molecule has 4 nitrogen and oxygen atoms in total. The molecule has 1 aromatic carbocycles. The Morgan fingerprint density at radius 2 is 1.75 bits per heavy atom. The van der Waals surface area contributed by atoms with Crippen molar-refractivity contribution in [1.82, 2.24) is 14.9 Å². The van der Waals surface area contributed by atoms with E-state index in [1.54, 1.807) is 6.92 Å². The van der Waals surface area contributed by atoms with Crippen LogP contribution in [0, 0.1) is 0 Å². The zero-order valence-corrected chi connectivity index (χ0v) is 17.8. The summed E-state index contributed by atoms with van der Waals surface area (Å²) in [5, 5.41) is 2.90. The first kappa shape index (κ1) is 22.2. The maximum Gasteiger partial charge on any atom is 0.246 e. The van der Waals surface area contributed by atoms with E-state index in [0.717, 1.165) is 44.3 Å². The van der Waals surface area contributed by atoms with Crippen LogP contribution in [0.4, 0.5) is 0 Å². The highest BCUT2D eigenvalue weighted by Crippen LogP contribution is 2.19. The summed E-state index contributed by atoms with van der Waals surface area (Å²) in [6.45, 7) is 9.45. The fraction of sp³-hybridized carbons (Fsp3) is 0.583. The van der Waals surface area contributed by atoms with E-state index < -0.39 is 0 Å². The lowest BCUT2D eigenvalue weighted by Crippen LogP contribution is -2.24. The van der Waals surface area contributed by atoms with Gasteiger partial charge in [-0.3, -0.25) is 4.79 Å². The predicted octanol–water partition coefficient (Wildman–Crippen LogP) is 5.80. The molecule has 2 aromatic rings. The highest BCUT2D eigenvalue weighted by Gasteiger charge is 2.10. The monoisotopic (exact) mass is 383 g/mol. The molecular weight excluding hydrogens is 346 g/mol. The van der Waals surface area contributed by atoms with Gasteiger partial charge in [0.25, 0.3) is 0 Å². The number of nitrogens with zero attached hydrogens (tertiary/aromatic N) is 2. The fourth-order valence-electron chi connectivity index (χ4n) is 3.55. The number of hydrogen-bond acceptors (Lipinski definition) is 2. The lowest BCUT2D eigenvalue weighted by molar-refractivity contribution is -0.117. The third-order valence-corrected chi connectivity index (χ3v) is 5.22. The van der Waals surface area contributed by atoms with Gasteiger partial charge in [-0.1, -0.05) is 64.2 Å². The van der Waals surface area contributed by atoms with Crippen LogP contribution in [0.3, 0.4) is 0 Å². The smallest absolute Gasteiger partial charge is 0.246 e. The number of carbonyl (C=O) groups excluding carboxylic acids is 1. The minimum atomic E-state index is -0.0410. The number of benzene rings is 1. The SMILES string of the molecule is C=C(C)C(=O)NCCCCCc1nc2ccccc2n1CCCCCCCC. The molecule has 0 saturated carbocycles. The van der Waals surface area contributed by atoms with Crippen molar-refractivity contribution in [3.63, 3.8) is 0 Å². The summed E-state index contributed by atoms with van der Waals surface area (Å²) in [5.41, 5.74) is 2.94. The molecule has 0 spiro atoms. The summed E-state index contributed by atoms with van der Waals surface area (Å²) in [7, 11) is 0. The van der Waals surface area contributed by atoms with E-state index in [1.165, 1.54) is 49.9 Å². The highest BCUT2D eigenvalue weighted by molar-refractivity contribution is 5.92. The molecule has 0 bridgehead atoms. The number of fused-ring (bicyclic) bond motifs is 1. The second-order valence-corrected chi connectivity index (χ2v) is 7.78. The molecule has 28 heavy (non-hydrogen) atoms. The zero-order valence-electron chi connectivity index (χ0n) is 17.8. The Bertz CT molecular complexity index is 747. The predicted molar refractivity (Wildman–Crippen MR) is 118 cm³/mol. The number of nitrogens with one attached hydrogen (secondary N) is 1. The van der Waals surface area contributed by atoms with Gasteiger partial charge in [-0.2, -0.15) is 0 Å². The van der Waals surface area contributed by atoms with E-state index >= 15 is 0 Å². The number of rotatable bonds is 14. The van der Waals surface area contributed by atoms with E-state index in [9.17, 15) is 4.79 Å². The molecule has 0 radical (unpaired) electrons. The van der Waals surface area contributed by atoms with Gasteiger partial charge in [0.1, 0.15) is 5.82 Å². The van der Waals surface area contributed by atoms with Gasteiger partial charge in [0.2, 0.25) is 5.91 Å². The third-order valence-electron chi connectivity index (χ3n) is 5.22. The maximum atomic E-state index is 11.5.